The second-order valence-corrected chi connectivity index (χ2v) is 3.12. The average Bonchev–Trinajstić information content (AvgIpc) is 2.21. The van der Waals surface area contributed by atoms with Gasteiger partial charge in [-0.15, -0.1) is 6.42 Å². The normalized spacial score (nSPS) is 8.31. The summed E-state index contributed by atoms with van der Waals surface area (Å²) in [6.07, 6.45) is 6.98. The highest BCUT2D eigenvalue weighted by molar-refractivity contribution is 5.72. The van der Waals surface area contributed by atoms with E-state index in [0.717, 1.165) is 29.3 Å². The van der Waals surface area contributed by atoms with Gasteiger partial charge >= 0.3 is 0 Å². The van der Waals surface area contributed by atoms with Crippen molar-refractivity contribution in [1.82, 2.24) is 0 Å². The summed E-state index contributed by atoms with van der Waals surface area (Å²) in [4.78, 5) is 9.00. The molecule has 0 saturated carbocycles. The highest BCUT2D eigenvalue weighted by atomic mass is 16.4. The van der Waals surface area contributed by atoms with Crippen LogP contribution in [0.2, 0.25) is 0 Å². The van der Waals surface area contributed by atoms with Gasteiger partial charge in [0.25, 0.3) is 5.97 Å². The van der Waals surface area contributed by atoms with E-state index >= 15 is 0 Å². The fraction of sp³-hybridized carbons (Fsp3) is 0.154. The Bertz CT molecular complexity index is 438. The lowest BCUT2D eigenvalue weighted by atomic mass is 10.0. The predicted octanol–water partition coefficient (Wildman–Crippen LogP) is 2.29. The Balaban J connectivity index is 0.000000487. The van der Waals surface area contributed by atoms with Crippen LogP contribution < -0.4 is 5.73 Å². The highest BCUT2D eigenvalue weighted by Crippen LogP contribution is 2.21. The summed E-state index contributed by atoms with van der Waals surface area (Å²) in [5.74, 6) is 1.73. The molecule has 0 fully saturated rings. The zero-order valence-electron chi connectivity index (χ0n) is 9.45. The highest BCUT2D eigenvalue weighted by Gasteiger charge is 2.02. The lowest BCUT2D eigenvalue weighted by Gasteiger charge is -2.06. The number of benzene rings is 1. The van der Waals surface area contributed by atoms with Crippen molar-refractivity contribution in [2.24, 2.45) is 0 Å². The Hall–Kier alpha value is -2.21. The van der Waals surface area contributed by atoms with Crippen molar-refractivity contribution < 1.29 is 9.90 Å². The summed E-state index contributed by atoms with van der Waals surface area (Å²) in [6, 6.07) is 3.79. The van der Waals surface area contributed by atoms with Crippen molar-refractivity contribution in [2.75, 3.05) is 5.73 Å². The van der Waals surface area contributed by atoms with Crippen molar-refractivity contribution >= 4 is 17.7 Å². The van der Waals surface area contributed by atoms with E-state index in [2.05, 4.69) is 12.5 Å². The number of carbonyl (C=O) groups is 1. The minimum absolute atomic E-state index is 0.723. The number of carboxylic acid groups (broad SMARTS) is 1. The van der Waals surface area contributed by atoms with Gasteiger partial charge in [0, 0.05) is 23.7 Å². The number of rotatable bonds is 1. The number of hydrogen-bond donors (Lipinski definition) is 2. The minimum atomic E-state index is -0.833. The van der Waals surface area contributed by atoms with Gasteiger partial charge in [0.15, 0.2) is 0 Å². The van der Waals surface area contributed by atoms with Crippen LogP contribution in [0.15, 0.2) is 18.7 Å². The van der Waals surface area contributed by atoms with Crippen LogP contribution in [0.5, 0.6) is 0 Å². The van der Waals surface area contributed by atoms with E-state index in [9.17, 15) is 0 Å². The van der Waals surface area contributed by atoms with Crippen LogP contribution in [0.25, 0.3) is 6.08 Å². The van der Waals surface area contributed by atoms with E-state index in [1.54, 1.807) is 6.08 Å². The molecule has 0 radical (unpaired) electrons. The SMILES string of the molecule is C#Cc1ccc(C)c(N)c1C=C.CC(=O)O. The lowest BCUT2D eigenvalue weighted by molar-refractivity contribution is -0.134. The maximum absolute atomic E-state index is 9.00. The number of aryl methyl sites for hydroxylation is 1. The Morgan fingerprint density at radius 2 is 2.12 bits per heavy atom. The zero-order valence-corrected chi connectivity index (χ0v) is 9.45. The summed E-state index contributed by atoms with van der Waals surface area (Å²) in [7, 11) is 0. The molecule has 3 nitrogen and oxygen atoms in total. The molecule has 84 valence electrons. The smallest absolute Gasteiger partial charge is 0.300 e. The molecule has 0 heterocycles. The molecule has 0 atom stereocenters. The molecule has 0 aliphatic carbocycles. The molecule has 0 aliphatic rings. The second kappa shape index (κ2) is 6.31. The molecule has 1 aromatic rings. The molecule has 0 bridgehead atoms. The average molecular weight is 217 g/mol. The number of carboxylic acids is 1. The Morgan fingerprint density at radius 3 is 2.50 bits per heavy atom. The van der Waals surface area contributed by atoms with Crippen LogP contribution >= 0.6 is 0 Å². The van der Waals surface area contributed by atoms with E-state index in [-0.39, 0.29) is 0 Å². The van der Waals surface area contributed by atoms with Crippen LogP contribution in [0.1, 0.15) is 23.6 Å². The van der Waals surface area contributed by atoms with Gasteiger partial charge in [-0.05, 0) is 18.6 Å². The molecule has 3 heteroatoms. The molecule has 0 unspecified atom stereocenters. The first-order valence-corrected chi connectivity index (χ1v) is 4.61. The summed E-state index contributed by atoms with van der Waals surface area (Å²) in [5, 5.41) is 7.42. The third kappa shape index (κ3) is 3.89. The predicted molar refractivity (Wildman–Crippen MR) is 66.9 cm³/mol. The first-order chi connectivity index (χ1) is 7.43. The summed E-state index contributed by atoms with van der Waals surface area (Å²) in [6.45, 7) is 6.70. The topological polar surface area (TPSA) is 63.3 Å². The van der Waals surface area contributed by atoms with Crippen LogP contribution in [0.4, 0.5) is 5.69 Å². The van der Waals surface area contributed by atoms with Crippen molar-refractivity contribution in [3.8, 4) is 12.3 Å². The molecule has 0 amide bonds. The first-order valence-electron chi connectivity index (χ1n) is 4.61. The van der Waals surface area contributed by atoms with Crippen LogP contribution in [-0.2, 0) is 4.79 Å². The second-order valence-electron chi connectivity index (χ2n) is 3.12. The minimum Gasteiger partial charge on any atom is -0.481 e. The van der Waals surface area contributed by atoms with Gasteiger partial charge in [-0.3, -0.25) is 4.79 Å². The van der Waals surface area contributed by atoms with Gasteiger partial charge in [-0.1, -0.05) is 24.6 Å². The molecule has 0 spiro atoms. The van der Waals surface area contributed by atoms with Crippen molar-refractivity contribution in [3.63, 3.8) is 0 Å². The number of anilines is 1. The summed E-state index contributed by atoms with van der Waals surface area (Å²) < 4.78 is 0. The zero-order chi connectivity index (χ0) is 12.7. The van der Waals surface area contributed by atoms with Gasteiger partial charge in [0.1, 0.15) is 0 Å². The van der Waals surface area contributed by atoms with E-state index in [4.69, 9.17) is 22.1 Å². The molecule has 16 heavy (non-hydrogen) atoms. The molecule has 1 rings (SSSR count). The van der Waals surface area contributed by atoms with E-state index in [1.165, 1.54) is 0 Å². The summed E-state index contributed by atoms with van der Waals surface area (Å²) in [5.41, 5.74) is 9.21. The van der Waals surface area contributed by atoms with E-state index < -0.39 is 5.97 Å². The van der Waals surface area contributed by atoms with Crippen molar-refractivity contribution in [2.45, 2.75) is 13.8 Å². The van der Waals surface area contributed by atoms with Crippen LogP contribution in [0, 0.1) is 19.3 Å². The number of nitrogen functional groups attached to an aromatic ring is 1. The lowest BCUT2D eigenvalue weighted by Crippen LogP contribution is -1.95. The maximum Gasteiger partial charge on any atom is 0.300 e. The summed E-state index contributed by atoms with van der Waals surface area (Å²) >= 11 is 0. The fourth-order valence-corrected chi connectivity index (χ4v) is 1.09. The number of hydrogen-bond acceptors (Lipinski definition) is 2. The number of aliphatic carboxylic acids is 1. The molecule has 0 aliphatic heterocycles. The Labute approximate surface area is 95.6 Å². The van der Waals surface area contributed by atoms with Gasteiger partial charge in [0.05, 0.1) is 0 Å². The van der Waals surface area contributed by atoms with Gasteiger partial charge < -0.3 is 10.8 Å². The molecule has 3 N–H and O–H groups in total. The third-order valence-electron chi connectivity index (χ3n) is 1.86. The van der Waals surface area contributed by atoms with E-state index in [1.807, 2.05) is 19.1 Å². The Kier molecular flexibility index (Phi) is 5.44. The van der Waals surface area contributed by atoms with Gasteiger partial charge in [0.2, 0.25) is 0 Å². The quantitative estimate of drug-likeness (QED) is 0.560. The maximum atomic E-state index is 9.00. The monoisotopic (exact) mass is 217 g/mol. The van der Waals surface area contributed by atoms with Crippen LogP contribution in [-0.4, -0.2) is 11.1 Å². The van der Waals surface area contributed by atoms with Gasteiger partial charge in [-0.25, -0.2) is 0 Å². The molecular formula is C13H15NO2. The first kappa shape index (κ1) is 13.8. The largest absolute Gasteiger partial charge is 0.481 e. The number of nitrogens with two attached hydrogens (primary N) is 1. The molecular weight excluding hydrogens is 202 g/mol. The van der Waals surface area contributed by atoms with Gasteiger partial charge in [-0.2, -0.15) is 0 Å². The molecule has 0 aromatic heterocycles. The molecule has 1 aromatic carbocycles. The Morgan fingerprint density at radius 1 is 1.62 bits per heavy atom. The van der Waals surface area contributed by atoms with Crippen molar-refractivity contribution in [1.29, 1.82) is 0 Å². The van der Waals surface area contributed by atoms with Crippen molar-refractivity contribution in [3.05, 3.63) is 35.4 Å². The number of terminal acetylenes is 1. The fourth-order valence-electron chi connectivity index (χ4n) is 1.09. The standard InChI is InChI=1S/C11H11N.C2H4O2/c1-4-9-7-6-8(3)11(12)10(9)5-2;1-2(3)4/h1,5-7H,2,12H2,3H3;1H3,(H,3,4). The third-order valence-corrected chi connectivity index (χ3v) is 1.86. The molecule has 0 saturated heterocycles. The van der Waals surface area contributed by atoms with E-state index in [0.29, 0.717) is 0 Å². The van der Waals surface area contributed by atoms with Crippen LogP contribution in [0.3, 0.4) is 0 Å².